The van der Waals surface area contributed by atoms with Crippen molar-refractivity contribution in [3.05, 3.63) is 29.6 Å². The Morgan fingerprint density at radius 2 is 2.12 bits per heavy atom. The minimum absolute atomic E-state index is 0.181. The molecule has 0 unspecified atom stereocenters. The first-order chi connectivity index (χ1) is 16.5. The highest BCUT2D eigenvalue weighted by atomic mass is 16.6. The first kappa shape index (κ1) is 23.7. The van der Waals surface area contributed by atoms with Crippen LogP contribution in [-0.2, 0) is 9.47 Å². The molecule has 1 amide bonds. The van der Waals surface area contributed by atoms with Gasteiger partial charge in [-0.25, -0.2) is 9.78 Å². The Morgan fingerprint density at radius 3 is 2.82 bits per heavy atom. The number of aromatic nitrogens is 3. The number of pyridine rings is 1. The first-order valence-corrected chi connectivity index (χ1v) is 11.4. The number of aliphatic hydroxyl groups is 1. The molecular formula is C23H29N7O4. The smallest absolute Gasteiger partial charge is 0.409 e. The van der Waals surface area contributed by atoms with E-state index >= 15 is 0 Å². The third kappa shape index (κ3) is 5.03. The Hall–Kier alpha value is -3.49. The third-order valence-corrected chi connectivity index (χ3v) is 6.09. The predicted octanol–water partition coefficient (Wildman–Crippen LogP) is 1.56. The monoisotopic (exact) mass is 467 g/mol. The molecule has 2 aromatic heterocycles. The number of morpholine rings is 1. The number of hydrogen-bond acceptors (Lipinski definition) is 10. The molecule has 2 fully saturated rings. The van der Waals surface area contributed by atoms with Gasteiger partial charge in [0, 0.05) is 44.0 Å². The molecule has 0 radical (unpaired) electrons. The highest BCUT2D eigenvalue weighted by Gasteiger charge is 2.40. The van der Waals surface area contributed by atoms with Crippen molar-refractivity contribution >= 4 is 17.9 Å². The van der Waals surface area contributed by atoms with E-state index in [4.69, 9.17) is 19.4 Å². The molecule has 2 aliphatic rings. The van der Waals surface area contributed by atoms with Crippen molar-refractivity contribution in [1.82, 2.24) is 19.9 Å². The van der Waals surface area contributed by atoms with Crippen LogP contribution in [0.25, 0.3) is 11.3 Å². The summed E-state index contributed by atoms with van der Waals surface area (Å²) in [5, 5.41) is 23.1. The van der Waals surface area contributed by atoms with Crippen LogP contribution in [0, 0.1) is 18.3 Å². The molecule has 4 heterocycles. The van der Waals surface area contributed by atoms with Gasteiger partial charge in [0.2, 0.25) is 5.95 Å². The molecule has 4 rings (SSSR count). The number of nitrogens with zero attached hydrogens (tertiary/aromatic N) is 6. The number of carbonyl (C=O) groups excluding carboxylic acids is 1. The maximum atomic E-state index is 12.2. The van der Waals surface area contributed by atoms with E-state index in [-0.39, 0.29) is 6.61 Å². The van der Waals surface area contributed by atoms with Gasteiger partial charge in [-0.2, -0.15) is 10.2 Å². The summed E-state index contributed by atoms with van der Waals surface area (Å²) in [5.41, 5.74) is 1.67. The van der Waals surface area contributed by atoms with E-state index in [1.165, 1.54) is 0 Å². The van der Waals surface area contributed by atoms with Gasteiger partial charge >= 0.3 is 6.09 Å². The summed E-state index contributed by atoms with van der Waals surface area (Å²) in [6, 6.07) is 5.71. The van der Waals surface area contributed by atoms with E-state index in [9.17, 15) is 15.2 Å². The largest absolute Gasteiger partial charge is 0.450 e. The van der Waals surface area contributed by atoms with Crippen LogP contribution in [0.2, 0.25) is 0 Å². The number of hydrogen-bond donors (Lipinski definition) is 2. The molecule has 2 N–H and O–H groups in total. The van der Waals surface area contributed by atoms with Crippen molar-refractivity contribution in [2.75, 3.05) is 62.8 Å². The number of nitriles is 1. The quantitative estimate of drug-likeness (QED) is 0.644. The van der Waals surface area contributed by atoms with Gasteiger partial charge in [0.1, 0.15) is 11.9 Å². The zero-order valence-electron chi connectivity index (χ0n) is 19.5. The minimum Gasteiger partial charge on any atom is -0.450 e. The number of likely N-dealkylation sites (tertiary alicyclic amines) is 1. The Bertz CT molecular complexity index is 1080. The van der Waals surface area contributed by atoms with Crippen LogP contribution in [0.4, 0.5) is 16.6 Å². The molecule has 2 saturated heterocycles. The van der Waals surface area contributed by atoms with Crippen LogP contribution < -0.4 is 10.2 Å². The van der Waals surface area contributed by atoms with Gasteiger partial charge < -0.3 is 29.7 Å². The van der Waals surface area contributed by atoms with Crippen LogP contribution in [0.1, 0.15) is 24.6 Å². The topological polar surface area (TPSA) is 137 Å². The van der Waals surface area contributed by atoms with Gasteiger partial charge in [-0.3, -0.25) is 4.98 Å². The van der Waals surface area contributed by atoms with Gasteiger partial charge in [0.05, 0.1) is 48.9 Å². The Balaban J connectivity index is 1.68. The van der Waals surface area contributed by atoms with Crippen LogP contribution in [0.5, 0.6) is 0 Å². The number of aliphatic hydroxyl groups excluding tert-OH is 1. The van der Waals surface area contributed by atoms with E-state index in [2.05, 4.69) is 16.4 Å². The summed E-state index contributed by atoms with van der Waals surface area (Å²) in [5.74, 6) is 1.04. The Labute approximate surface area is 198 Å². The summed E-state index contributed by atoms with van der Waals surface area (Å²) in [6.07, 6.45) is 1.83. The lowest BCUT2D eigenvalue weighted by Crippen LogP contribution is -2.46. The second-order valence-electron chi connectivity index (χ2n) is 8.44. The molecule has 34 heavy (non-hydrogen) atoms. The molecule has 11 heteroatoms. The number of amides is 1. The van der Waals surface area contributed by atoms with Crippen molar-refractivity contribution in [1.29, 1.82) is 5.26 Å². The minimum atomic E-state index is -0.760. The van der Waals surface area contributed by atoms with Gasteiger partial charge in [-0.15, -0.1) is 0 Å². The van der Waals surface area contributed by atoms with E-state index in [0.717, 1.165) is 0 Å². The molecule has 1 atom stereocenters. The van der Waals surface area contributed by atoms with Crippen molar-refractivity contribution in [2.24, 2.45) is 0 Å². The molecule has 11 nitrogen and oxygen atoms in total. The zero-order valence-corrected chi connectivity index (χ0v) is 19.5. The van der Waals surface area contributed by atoms with Crippen LogP contribution in [0.15, 0.2) is 18.3 Å². The van der Waals surface area contributed by atoms with Crippen LogP contribution in [-0.4, -0.2) is 89.2 Å². The fourth-order valence-electron chi connectivity index (χ4n) is 4.12. The molecule has 180 valence electrons. The number of ether oxygens (including phenoxy) is 2. The summed E-state index contributed by atoms with van der Waals surface area (Å²) in [6.45, 7) is 6.88. The molecule has 0 spiro atoms. The highest BCUT2D eigenvalue weighted by molar-refractivity contribution is 5.69. The number of carbonyl (C=O) groups is 1. The molecule has 2 aromatic rings. The number of nitrogens with one attached hydrogen (secondary N) is 1. The van der Waals surface area contributed by atoms with Crippen LogP contribution >= 0.6 is 0 Å². The van der Waals surface area contributed by atoms with Gasteiger partial charge in [-0.05, 0) is 26.3 Å². The predicted molar refractivity (Wildman–Crippen MR) is 124 cm³/mol. The molecular weight excluding hydrogens is 438 g/mol. The SMILES string of the molecule is CCOC(=O)N1CC[C@](CO)(Nc2cc(-c3cnc(C)c(C#N)c3)nc(N3CCOCC3)n2)C1. The maximum absolute atomic E-state index is 12.2. The van der Waals surface area contributed by atoms with E-state index in [1.807, 2.05) is 4.90 Å². The third-order valence-electron chi connectivity index (χ3n) is 6.09. The van der Waals surface area contributed by atoms with E-state index in [1.54, 1.807) is 37.1 Å². The van der Waals surface area contributed by atoms with Crippen molar-refractivity contribution < 1.29 is 19.4 Å². The molecule has 0 saturated carbocycles. The molecule has 2 aliphatic heterocycles. The van der Waals surface area contributed by atoms with Crippen molar-refractivity contribution in [3.63, 3.8) is 0 Å². The van der Waals surface area contributed by atoms with Gasteiger partial charge in [0.15, 0.2) is 0 Å². The van der Waals surface area contributed by atoms with E-state index < -0.39 is 11.6 Å². The van der Waals surface area contributed by atoms with Gasteiger partial charge in [-0.1, -0.05) is 0 Å². The standard InChI is InChI=1S/C23H29N7O4/c1-3-34-22(32)30-5-4-23(14-30,15-31)28-20-11-19(18-10-17(12-24)16(2)25-13-18)26-21(27-20)29-6-8-33-9-7-29/h10-11,13,31H,3-9,14-15H2,1-2H3,(H,26,27,28)/t23-/m0/s1. The fraction of sp³-hybridized carbons (Fsp3) is 0.522. The Kier molecular flexibility index (Phi) is 7.09. The Morgan fingerprint density at radius 1 is 1.32 bits per heavy atom. The van der Waals surface area contributed by atoms with Crippen LogP contribution in [0.3, 0.4) is 0 Å². The lowest BCUT2D eigenvalue weighted by molar-refractivity contribution is 0.112. The summed E-state index contributed by atoms with van der Waals surface area (Å²) in [4.78, 5) is 29.6. The second-order valence-corrected chi connectivity index (χ2v) is 8.44. The number of anilines is 2. The van der Waals surface area contributed by atoms with Gasteiger partial charge in [0.25, 0.3) is 0 Å². The fourth-order valence-corrected chi connectivity index (χ4v) is 4.12. The lowest BCUT2D eigenvalue weighted by Gasteiger charge is -2.31. The average Bonchev–Trinajstić information content (AvgIpc) is 3.29. The lowest BCUT2D eigenvalue weighted by atomic mass is 10.00. The maximum Gasteiger partial charge on any atom is 0.409 e. The highest BCUT2D eigenvalue weighted by Crippen LogP contribution is 2.29. The molecule has 0 aliphatic carbocycles. The van der Waals surface area contributed by atoms with Crippen molar-refractivity contribution in [2.45, 2.75) is 25.8 Å². The van der Waals surface area contributed by atoms with Crippen molar-refractivity contribution in [3.8, 4) is 17.3 Å². The van der Waals surface area contributed by atoms with E-state index in [0.29, 0.717) is 86.7 Å². The first-order valence-electron chi connectivity index (χ1n) is 11.4. The summed E-state index contributed by atoms with van der Waals surface area (Å²) >= 11 is 0. The number of aryl methyl sites for hydroxylation is 1. The molecule has 0 aromatic carbocycles. The average molecular weight is 468 g/mol. The normalized spacial score (nSPS) is 20.2. The summed E-state index contributed by atoms with van der Waals surface area (Å²) < 4.78 is 10.6. The zero-order chi connectivity index (χ0) is 24.1. The number of rotatable bonds is 6. The molecule has 0 bridgehead atoms. The summed E-state index contributed by atoms with van der Waals surface area (Å²) in [7, 11) is 0. The second kappa shape index (κ2) is 10.2.